The van der Waals surface area contributed by atoms with E-state index in [2.05, 4.69) is 15.4 Å². The molecule has 8 nitrogen and oxygen atoms in total. The Bertz CT molecular complexity index is 1280. The third-order valence-electron chi connectivity index (χ3n) is 4.09. The van der Waals surface area contributed by atoms with Gasteiger partial charge in [-0.15, -0.1) is 11.3 Å². The summed E-state index contributed by atoms with van der Waals surface area (Å²) >= 11 is 1.28. The van der Waals surface area contributed by atoms with Crippen molar-refractivity contribution in [2.45, 2.75) is 26.4 Å². The second kappa shape index (κ2) is 9.63. The molecule has 2 amide bonds. The highest BCUT2D eigenvalue weighted by molar-refractivity contribution is 7.92. The normalized spacial score (nSPS) is 11.5. The van der Waals surface area contributed by atoms with Gasteiger partial charge in [-0.1, -0.05) is 18.2 Å². The van der Waals surface area contributed by atoms with Gasteiger partial charge in [0.1, 0.15) is 5.60 Å². The van der Waals surface area contributed by atoms with E-state index in [1.807, 2.05) is 11.4 Å². The van der Waals surface area contributed by atoms with Gasteiger partial charge < -0.3 is 10.1 Å². The number of nitrogens with one attached hydrogen (secondary N) is 3. The highest BCUT2D eigenvalue weighted by atomic mass is 32.2. The molecule has 1 heterocycles. The Morgan fingerprint density at radius 2 is 1.52 bits per heavy atom. The minimum atomic E-state index is -3.42. The first-order chi connectivity index (χ1) is 15.4. The molecule has 0 aliphatic rings. The maximum Gasteiger partial charge on any atom is 0.412 e. The first-order valence-electron chi connectivity index (χ1n) is 9.96. The number of hydrogen-bond acceptors (Lipinski definition) is 6. The smallest absolute Gasteiger partial charge is 0.412 e. The number of carbonyl (C=O) groups is 2. The molecule has 0 unspecified atom stereocenters. The van der Waals surface area contributed by atoms with E-state index in [1.54, 1.807) is 69.3 Å². The van der Waals surface area contributed by atoms with Gasteiger partial charge in [0.05, 0.1) is 16.8 Å². The molecule has 3 N–H and O–H groups in total. The van der Waals surface area contributed by atoms with E-state index in [9.17, 15) is 18.0 Å². The molecule has 0 fully saturated rings. The van der Waals surface area contributed by atoms with Gasteiger partial charge in [0.15, 0.2) is 0 Å². The van der Waals surface area contributed by atoms with Crippen LogP contribution in [0.25, 0.3) is 11.1 Å². The molecule has 33 heavy (non-hydrogen) atoms. The summed E-state index contributed by atoms with van der Waals surface area (Å²) in [6, 6.07) is 15.4. The zero-order valence-corrected chi connectivity index (χ0v) is 20.3. The zero-order chi connectivity index (χ0) is 24.2. The van der Waals surface area contributed by atoms with Gasteiger partial charge >= 0.3 is 6.09 Å². The van der Waals surface area contributed by atoms with E-state index in [1.165, 1.54) is 11.3 Å². The van der Waals surface area contributed by atoms with Crippen molar-refractivity contribution in [3.05, 3.63) is 64.9 Å². The monoisotopic (exact) mass is 487 g/mol. The topological polar surface area (TPSA) is 114 Å². The summed E-state index contributed by atoms with van der Waals surface area (Å²) < 4.78 is 30.5. The molecule has 3 aromatic rings. The van der Waals surface area contributed by atoms with Gasteiger partial charge in [-0.25, -0.2) is 13.2 Å². The predicted octanol–water partition coefficient (Wildman–Crippen LogP) is 5.39. The van der Waals surface area contributed by atoms with E-state index in [4.69, 9.17) is 4.74 Å². The maximum atomic E-state index is 12.7. The van der Waals surface area contributed by atoms with Crippen LogP contribution in [-0.4, -0.2) is 32.3 Å². The van der Waals surface area contributed by atoms with Crippen molar-refractivity contribution < 1.29 is 22.7 Å². The summed E-state index contributed by atoms with van der Waals surface area (Å²) in [5, 5.41) is 7.33. The Hall–Kier alpha value is -3.37. The summed E-state index contributed by atoms with van der Waals surface area (Å²) in [4.78, 5) is 25.2. The first kappa shape index (κ1) is 24.3. The Balaban J connectivity index is 1.70. The number of anilines is 3. The van der Waals surface area contributed by atoms with Crippen LogP contribution in [0.15, 0.2) is 60.0 Å². The van der Waals surface area contributed by atoms with Crippen molar-refractivity contribution in [2.75, 3.05) is 21.6 Å². The number of carbonyl (C=O) groups excluding carboxylic acids is 2. The molecule has 174 valence electrons. The van der Waals surface area contributed by atoms with Gasteiger partial charge in [-0.05, 0) is 73.7 Å². The second-order valence-corrected chi connectivity index (χ2v) is 11.0. The second-order valence-electron chi connectivity index (χ2n) is 8.32. The van der Waals surface area contributed by atoms with Crippen molar-refractivity contribution in [1.29, 1.82) is 0 Å². The molecule has 0 saturated carbocycles. The predicted molar refractivity (Wildman–Crippen MR) is 132 cm³/mol. The summed E-state index contributed by atoms with van der Waals surface area (Å²) in [6.45, 7) is 5.37. The van der Waals surface area contributed by atoms with Crippen LogP contribution in [0.2, 0.25) is 0 Å². The van der Waals surface area contributed by atoms with Crippen LogP contribution in [0.1, 0.15) is 30.4 Å². The van der Waals surface area contributed by atoms with Crippen LogP contribution in [0.4, 0.5) is 21.9 Å². The molecule has 3 rings (SSSR count). The van der Waals surface area contributed by atoms with E-state index in [-0.39, 0.29) is 5.91 Å². The molecule has 10 heteroatoms. The van der Waals surface area contributed by atoms with Crippen molar-refractivity contribution >= 4 is 50.4 Å². The van der Waals surface area contributed by atoms with E-state index in [0.717, 1.165) is 17.4 Å². The fourth-order valence-corrected chi connectivity index (χ4v) is 4.24. The lowest BCUT2D eigenvalue weighted by atomic mass is 10.1. The van der Waals surface area contributed by atoms with Crippen LogP contribution >= 0.6 is 11.3 Å². The van der Waals surface area contributed by atoms with Crippen LogP contribution in [-0.2, 0) is 14.8 Å². The van der Waals surface area contributed by atoms with Gasteiger partial charge in [0.2, 0.25) is 10.0 Å². The van der Waals surface area contributed by atoms with E-state index < -0.39 is 21.7 Å². The summed E-state index contributed by atoms with van der Waals surface area (Å²) in [7, 11) is -3.42. The molecule has 2 aromatic carbocycles. The zero-order valence-electron chi connectivity index (χ0n) is 18.6. The number of rotatable bonds is 6. The quantitative estimate of drug-likeness (QED) is 0.432. The Morgan fingerprint density at radius 3 is 2.18 bits per heavy atom. The fraction of sp³-hybridized carbons (Fsp3) is 0.217. The van der Waals surface area contributed by atoms with Crippen molar-refractivity contribution in [2.24, 2.45) is 0 Å². The molecule has 0 atom stereocenters. The SMILES string of the molecule is CC(C)(C)OC(=O)Nc1cccc(-c2csc(C(=O)Nc3cccc(NS(C)(=O)=O)c3)c2)c1. The first-order valence-corrected chi connectivity index (χ1v) is 12.7. The number of benzene rings is 2. The standard InChI is InChI=1S/C23H25N3O5S2/c1-23(2,3)31-22(28)25-17-8-5-7-15(11-17)16-12-20(32-14-16)21(27)24-18-9-6-10-19(13-18)26-33(4,29)30/h5-14,26H,1-4H3,(H,24,27)(H,25,28). The average molecular weight is 488 g/mol. The van der Waals surface area contributed by atoms with Crippen LogP contribution < -0.4 is 15.4 Å². The summed E-state index contributed by atoms with van der Waals surface area (Å²) in [5.41, 5.74) is 2.46. The highest BCUT2D eigenvalue weighted by Gasteiger charge is 2.17. The average Bonchev–Trinajstić information content (AvgIpc) is 3.16. The Kier molecular flexibility index (Phi) is 7.09. The number of sulfonamides is 1. The molecular weight excluding hydrogens is 462 g/mol. The van der Waals surface area contributed by atoms with Gasteiger partial charge in [0.25, 0.3) is 5.91 Å². The van der Waals surface area contributed by atoms with Gasteiger partial charge in [-0.3, -0.25) is 14.8 Å². The van der Waals surface area contributed by atoms with E-state index >= 15 is 0 Å². The minimum Gasteiger partial charge on any atom is -0.444 e. The lowest BCUT2D eigenvalue weighted by Crippen LogP contribution is -2.27. The molecule has 0 spiro atoms. The van der Waals surface area contributed by atoms with Crippen LogP contribution in [0, 0.1) is 0 Å². The minimum absolute atomic E-state index is 0.314. The van der Waals surface area contributed by atoms with E-state index in [0.29, 0.717) is 21.9 Å². The lowest BCUT2D eigenvalue weighted by molar-refractivity contribution is 0.0635. The number of amides is 2. The number of thiophene rings is 1. The third kappa shape index (κ3) is 7.62. The lowest BCUT2D eigenvalue weighted by Gasteiger charge is -2.19. The van der Waals surface area contributed by atoms with Gasteiger partial charge in [0, 0.05) is 11.4 Å². The molecule has 0 saturated heterocycles. The largest absolute Gasteiger partial charge is 0.444 e. The summed E-state index contributed by atoms with van der Waals surface area (Å²) in [6.07, 6.45) is 0.515. The van der Waals surface area contributed by atoms with Gasteiger partial charge in [-0.2, -0.15) is 0 Å². The Morgan fingerprint density at radius 1 is 0.879 bits per heavy atom. The third-order valence-corrected chi connectivity index (χ3v) is 5.62. The molecule has 1 aromatic heterocycles. The van der Waals surface area contributed by atoms with Crippen molar-refractivity contribution in [3.8, 4) is 11.1 Å². The molecular formula is C23H25N3O5S2. The van der Waals surface area contributed by atoms with Crippen molar-refractivity contribution in [1.82, 2.24) is 0 Å². The number of hydrogen-bond donors (Lipinski definition) is 3. The molecule has 0 radical (unpaired) electrons. The highest BCUT2D eigenvalue weighted by Crippen LogP contribution is 2.28. The fourth-order valence-electron chi connectivity index (χ4n) is 2.87. The number of ether oxygens (including phenoxy) is 1. The van der Waals surface area contributed by atoms with Crippen LogP contribution in [0.3, 0.4) is 0 Å². The molecule has 0 aliphatic carbocycles. The summed E-state index contributed by atoms with van der Waals surface area (Å²) in [5.74, 6) is -0.314. The molecule has 0 aliphatic heterocycles. The van der Waals surface area contributed by atoms with Crippen molar-refractivity contribution in [3.63, 3.8) is 0 Å². The Labute approximate surface area is 197 Å². The maximum absolute atomic E-state index is 12.7. The van der Waals surface area contributed by atoms with Crippen LogP contribution in [0.5, 0.6) is 0 Å². The molecule has 0 bridgehead atoms.